The molecule has 0 aliphatic rings. The number of hydrogen-bond donors (Lipinski definition) is 2. The van der Waals surface area contributed by atoms with Crippen molar-refractivity contribution >= 4 is 23.4 Å². The van der Waals surface area contributed by atoms with Crippen LogP contribution in [0.25, 0.3) is 11.1 Å². The standard InChI is InChI=1S/C12H13N3O3/c16-7-13-4-1-5-14-12(17)9-2-3-11-10(6-9)15-8-18-11/h2-3,6-8H,1,4-5H2,(H,13,16)(H,14,17). The minimum Gasteiger partial charge on any atom is -0.443 e. The van der Waals surface area contributed by atoms with Crippen molar-refractivity contribution in [1.82, 2.24) is 15.6 Å². The molecule has 0 unspecified atom stereocenters. The molecule has 0 aliphatic carbocycles. The van der Waals surface area contributed by atoms with Gasteiger partial charge in [0.05, 0.1) is 0 Å². The van der Waals surface area contributed by atoms with E-state index < -0.39 is 0 Å². The van der Waals surface area contributed by atoms with E-state index in [9.17, 15) is 9.59 Å². The molecule has 2 aromatic rings. The maximum atomic E-state index is 11.8. The Labute approximate surface area is 103 Å². The van der Waals surface area contributed by atoms with Crippen LogP contribution in [0.3, 0.4) is 0 Å². The van der Waals surface area contributed by atoms with E-state index in [1.165, 1.54) is 6.39 Å². The van der Waals surface area contributed by atoms with Gasteiger partial charge in [0.15, 0.2) is 12.0 Å². The van der Waals surface area contributed by atoms with E-state index in [0.29, 0.717) is 42.6 Å². The van der Waals surface area contributed by atoms with Crippen LogP contribution in [0, 0.1) is 0 Å². The van der Waals surface area contributed by atoms with Crippen molar-refractivity contribution in [3.05, 3.63) is 30.2 Å². The molecule has 0 spiro atoms. The van der Waals surface area contributed by atoms with E-state index in [1.807, 2.05) is 0 Å². The summed E-state index contributed by atoms with van der Waals surface area (Å²) in [5, 5.41) is 5.29. The zero-order valence-electron chi connectivity index (χ0n) is 9.68. The normalized spacial score (nSPS) is 10.2. The van der Waals surface area contributed by atoms with Gasteiger partial charge >= 0.3 is 0 Å². The second-order valence-corrected chi connectivity index (χ2v) is 3.72. The van der Waals surface area contributed by atoms with Crippen LogP contribution in [0.1, 0.15) is 16.8 Å². The lowest BCUT2D eigenvalue weighted by molar-refractivity contribution is -0.109. The fourth-order valence-corrected chi connectivity index (χ4v) is 1.55. The monoisotopic (exact) mass is 247 g/mol. The molecule has 0 bridgehead atoms. The lowest BCUT2D eigenvalue weighted by Crippen LogP contribution is -2.27. The van der Waals surface area contributed by atoms with E-state index in [4.69, 9.17) is 4.42 Å². The zero-order valence-corrected chi connectivity index (χ0v) is 9.68. The fourth-order valence-electron chi connectivity index (χ4n) is 1.55. The average Bonchev–Trinajstić information content (AvgIpc) is 2.85. The van der Waals surface area contributed by atoms with Crippen LogP contribution in [0.5, 0.6) is 0 Å². The number of nitrogens with one attached hydrogen (secondary N) is 2. The number of oxazole rings is 1. The smallest absolute Gasteiger partial charge is 0.251 e. The van der Waals surface area contributed by atoms with Crippen molar-refractivity contribution in [1.29, 1.82) is 0 Å². The predicted molar refractivity (Wildman–Crippen MR) is 65.0 cm³/mol. The van der Waals surface area contributed by atoms with Crippen molar-refractivity contribution < 1.29 is 14.0 Å². The molecule has 2 N–H and O–H groups in total. The second kappa shape index (κ2) is 5.81. The molecule has 1 aromatic heterocycles. The molecule has 0 saturated carbocycles. The van der Waals surface area contributed by atoms with Crippen molar-refractivity contribution in [3.8, 4) is 0 Å². The highest BCUT2D eigenvalue weighted by Gasteiger charge is 2.07. The maximum Gasteiger partial charge on any atom is 0.251 e. The highest BCUT2D eigenvalue weighted by atomic mass is 16.3. The summed E-state index contributed by atoms with van der Waals surface area (Å²) in [6.07, 6.45) is 2.68. The van der Waals surface area contributed by atoms with Crippen LogP contribution in [0.4, 0.5) is 0 Å². The number of hydrogen-bond acceptors (Lipinski definition) is 4. The minimum atomic E-state index is -0.161. The molecule has 6 heteroatoms. The van der Waals surface area contributed by atoms with Crippen molar-refractivity contribution in [2.45, 2.75) is 6.42 Å². The van der Waals surface area contributed by atoms with Gasteiger partial charge in [0.1, 0.15) is 5.52 Å². The summed E-state index contributed by atoms with van der Waals surface area (Å²) in [4.78, 5) is 25.8. The Balaban J connectivity index is 1.89. The third kappa shape index (κ3) is 2.85. The van der Waals surface area contributed by atoms with Crippen molar-refractivity contribution in [3.63, 3.8) is 0 Å². The lowest BCUT2D eigenvalue weighted by Gasteiger charge is -2.04. The molecular formula is C12H13N3O3. The van der Waals surface area contributed by atoms with Crippen LogP contribution in [-0.4, -0.2) is 30.4 Å². The first-order valence-electron chi connectivity index (χ1n) is 5.60. The first-order chi connectivity index (χ1) is 8.81. The summed E-state index contributed by atoms with van der Waals surface area (Å²) in [5.74, 6) is -0.161. The van der Waals surface area contributed by atoms with Crippen LogP contribution in [0.2, 0.25) is 0 Å². The quantitative estimate of drug-likeness (QED) is 0.581. The van der Waals surface area contributed by atoms with Crippen LogP contribution in [-0.2, 0) is 4.79 Å². The molecule has 94 valence electrons. The molecule has 0 radical (unpaired) electrons. The average molecular weight is 247 g/mol. The largest absolute Gasteiger partial charge is 0.443 e. The first kappa shape index (κ1) is 12.1. The number of amides is 2. The fraction of sp³-hybridized carbons (Fsp3) is 0.250. The molecular weight excluding hydrogens is 234 g/mol. The molecule has 0 aliphatic heterocycles. The number of carbonyl (C=O) groups is 2. The Hall–Kier alpha value is -2.37. The summed E-state index contributed by atoms with van der Waals surface area (Å²) < 4.78 is 5.09. The summed E-state index contributed by atoms with van der Waals surface area (Å²) >= 11 is 0. The van der Waals surface area contributed by atoms with Gasteiger partial charge in [0.2, 0.25) is 6.41 Å². The summed E-state index contributed by atoms with van der Waals surface area (Å²) in [6.45, 7) is 1.06. The van der Waals surface area contributed by atoms with Crippen molar-refractivity contribution in [2.24, 2.45) is 0 Å². The molecule has 2 amide bonds. The third-order valence-corrected chi connectivity index (χ3v) is 2.46. The van der Waals surface area contributed by atoms with E-state index in [2.05, 4.69) is 15.6 Å². The van der Waals surface area contributed by atoms with Gasteiger partial charge < -0.3 is 15.1 Å². The molecule has 0 fully saturated rings. The van der Waals surface area contributed by atoms with E-state index >= 15 is 0 Å². The Bertz CT molecular complexity index is 550. The van der Waals surface area contributed by atoms with E-state index in [1.54, 1.807) is 18.2 Å². The molecule has 0 atom stereocenters. The molecule has 0 saturated heterocycles. The molecule has 18 heavy (non-hydrogen) atoms. The lowest BCUT2D eigenvalue weighted by atomic mass is 10.2. The number of aromatic nitrogens is 1. The van der Waals surface area contributed by atoms with Crippen LogP contribution >= 0.6 is 0 Å². The first-order valence-corrected chi connectivity index (χ1v) is 5.60. The van der Waals surface area contributed by atoms with E-state index in [-0.39, 0.29) is 5.91 Å². The Kier molecular flexibility index (Phi) is 3.90. The van der Waals surface area contributed by atoms with Gasteiger partial charge in [-0.1, -0.05) is 0 Å². The number of rotatable bonds is 6. The molecule has 6 nitrogen and oxygen atoms in total. The van der Waals surface area contributed by atoms with Gasteiger partial charge in [-0.05, 0) is 24.6 Å². The highest BCUT2D eigenvalue weighted by Crippen LogP contribution is 2.13. The third-order valence-electron chi connectivity index (χ3n) is 2.46. The number of fused-ring (bicyclic) bond motifs is 1. The molecule has 1 aromatic carbocycles. The van der Waals surface area contributed by atoms with Crippen LogP contribution < -0.4 is 10.6 Å². The van der Waals surface area contributed by atoms with Gasteiger partial charge in [-0.3, -0.25) is 9.59 Å². The zero-order chi connectivity index (χ0) is 12.8. The maximum absolute atomic E-state index is 11.8. The highest BCUT2D eigenvalue weighted by molar-refractivity contribution is 5.96. The molecule has 2 rings (SSSR count). The predicted octanol–water partition coefficient (Wildman–Crippen LogP) is 0.694. The Morgan fingerprint density at radius 1 is 1.39 bits per heavy atom. The second-order valence-electron chi connectivity index (χ2n) is 3.72. The number of benzene rings is 1. The minimum absolute atomic E-state index is 0.161. The SMILES string of the molecule is O=CNCCCNC(=O)c1ccc2ocnc2c1. The van der Waals surface area contributed by atoms with Gasteiger partial charge in [0.25, 0.3) is 5.91 Å². The summed E-state index contributed by atoms with van der Waals surface area (Å²) in [7, 11) is 0. The Morgan fingerprint density at radius 3 is 3.11 bits per heavy atom. The van der Waals surface area contributed by atoms with Crippen molar-refractivity contribution in [2.75, 3.05) is 13.1 Å². The summed E-state index contributed by atoms with van der Waals surface area (Å²) in [5.41, 5.74) is 1.85. The summed E-state index contributed by atoms with van der Waals surface area (Å²) in [6, 6.07) is 5.08. The van der Waals surface area contributed by atoms with Gasteiger partial charge in [-0.2, -0.15) is 0 Å². The topological polar surface area (TPSA) is 84.2 Å². The Morgan fingerprint density at radius 2 is 2.28 bits per heavy atom. The number of nitrogens with zero attached hydrogens (tertiary/aromatic N) is 1. The molecule has 1 heterocycles. The van der Waals surface area contributed by atoms with Gasteiger partial charge in [-0.15, -0.1) is 0 Å². The van der Waals surface area contributed by atoms with E-state index in [0.717, 1.165) is 0 Å². The van der Waals surface area contributed by atoms with Gasteiger partial charge in [0, 0.05) is 18.7 Å². The van der Waals surface area contributed by atoms with Gasteiger partial charge in [-0.25, -0.2) is 4.98 Å². The van der Waals surface area contributed by atoms with Crippen LogP contribution in [0.15, 0.2) is 29.0 Å². The number of carbonyl (C=O) groups excluding carboxylic acids is 2.